The number of rotatable bonds is 0. The summed E-state index contributed by atoms with van der Waals surface area (Å²) in [4.78, 5) is 14.0. The van der Waals surface area contributed by atoms with Crippen LogP contribution in [0.1, 0.15) is 38.4 Å². The molecule has 0 saturated carbocycles. The number of carbonyl (C=O) groups excluding carboxylic acids is 1. The van der Waals surface area contributed by atoms with Crippen molar-refractivity contribution in [2.24, 2.45) is 5.92 Å². The molecule has 3 unspecified atom stereocenters. The van der Waals surface area contributed by atoms with Gasteiger partial charge in [-0.25, -0.2) is 0 Å². The molecule has 1 N–H and O–H groups in total. The van der Waals surface area contributed by atoms with E-state index in [0.717, 1.165) is 41.5 Å². The first-order valence-corrected chi connectivity index (χ1v) is 10.2. The number of hydrogen-bond donors (Lipinski definition) is 1. The van der Waals surface area contributed by atoms with E-state index >= 15 is 0 Å². The summed E-state index contributed by atoms with van der Waals surface area (Å²) in [6.07, 6.45) is 0.155. The van der Waals surface area contributed by atoms with Crippen molar-refractivity contribution < 1.29 is 9.90 Å². The summed E-state index contributed by atoms with van der Waals surface area (Å²) >= 11 is 8.51. The van der Waals surface area contributed by atoms with Crippen molar-refractivity contribution in [2.75, 3.05) is 0 Å². The lowest BCUT2D eigenvalue weighted by Gasteiger charge is -2.30. The largest absolute Gasteiger partial charge is 0.388 e. The Kier molecular flexibility index (Phi) is 3.33. The summed E-state index contributed by atoms with van der Waals surface area (Å²) in [6.45, 7) is 0. The molecule has 2 aromatic carbocycles. The summed E-state index contributed by atoms with van der Waals surface area (Å²) in [7, 11) is 0. The van der Waals surface area contributed by atoms with Gasteiger partial charge in [-0.05, 0) is 47.9 Å². The monoisotopic (exact) mass is 462 g/mol. The predicted molar refractivity (Wildman–Crippen MR) is 103 cm³/mol. The molecule has 0 aliphatic heterocycles. The second-order valence-corrected chi connectivity index (χ2v) is 9.37. The van der Waals surface area contributed by atoms with Crippen LogP contribution in [0.15, 0.2) is 45.3 Å². The highest BCUT2D eigenvalue weighted by molar-refractivity contribution is 9.10. The maximum atomic E-state index is 13.2. The molecular weight excluding hydrogens is 452 g/mol. The number of benzene rings is 2. The highest BCUT2D eigenvalue weighted by Gasteiger charge is 2.48. The zero-order chi connectivity index (χ0) is 16.6. The minimum absolute atomic E-state index is 0.0638. The second-order valence-electron chi connectivity index (χ2n) is 6.48. The lowest BCUT2D eigenvalue weighted by Crippen LogP contribution is -2.29. The fourth-order valence-electron chi connectivity index (χ4n) is 4.19. The number of ketones is 1. The lowest BCUT2D eigenvalue weighted by atomic mass is 9.76. The highest BCUT2D eigenvalue weighted by Crippen LogP contribution is 2.54. The van der Waals surface area contributed by atoms with E-state index in [1.165, 1.54) is 16.9 Å². The first kappa shape index (κ1) is 15.3. The topological polar surface area (TPSA) is 37.3 Å². The standard InChI is InChI=1S/C19H12Br2O2S/c20-9-2-1-8-5-13-15(11(8)6-9)18(23)19-16(17(13)22)12-7-10(21)3-4-14(12)24-19/h1-4,6-7,13,15,17,22H,5H2. The minimum Gasteiger partial charge on any atom is -0.388 e. The van der Waals surface area contributed by atoms with Gasteiger partial charge in [-0.2, -0.15) is 0 Å². The quantitative estimate of drug-likeness (QED) is 0.470. The number of carbonyl (C=O) groups is 1. The Morgan fingerprint density at radius 2 is 1.83 bits per heavy atom. The van der Waals surface area contributed by atoms with Crippen LogP contribution >= 0.6 is 43.2 Å². The molecule has 3 atom stereocenters. The van der Waals surface area contributed by atoms with Gasteiger partial charge in [0.05, 0.1) is 16.9 Å². The minimum atomic E-state index is -0.600. The molecule has 3 aromatic rings. The SMILES string of the molecule is O=C1c2sc3ccc(Br)cc3c2C(O)C2Cc3ccc(Br)cc3C12. The van der Waals surface area contributed by atoms with E-state index in [1.54, 1.807) is 0 Å². The molecule has 0 saturated heterocycles. The molecule has 0 bridgehead atoms. The molecule has 0 spiro atoms. The van der Waals surface area contributed by atoms with Crippen LogP contribution in [0.25, 0.3) is 10.1 Å². The maximum Gasteiger partial charge on any atom is 0.181 e. The molecule has 0 fully saturated rings. The third kappa shape index (κ3) is 1.99. The van der Waals surface area contributed by atoms with E-state index in [4.69, 9.17) is 0 Å². The van der Waals surface area contributed by atoms with Crippen LogP contribution in [0.5, 0.6) is 0 Å². The molecule has 1 aromatic heterocycles. The van der Waals surface area contributed by atoms with E-state index < -0.39 is 6.10 Å². The van der Waals surface area contributed by atoms with Crippen LogP contribution in [0, 0.1) is 5.92 Å². The van der Waals surface area contributed by atoms with E-state index in [-0.39, 0.29) is 17.6 Å². The van der Waals surface area contributed by atoms with Gasteiger partial charge in [0.15, 0.2) is 5.78 Å². The number of fused-ring (bicyclic) bond motifs is 6. The van der Waals surface area contributed by atoms with Gasteiger partial charge >= 0.3 is 0 Å². The predicted octanol–water partition coefficient (Wildman–Crippen LogP) is 5.61. The van der Waals surface area contributed by atoms with Crippen LogP contribution in [-0.4, -0.2) is 10.9 Å². The first-order valence-electron chi connectivity index (χ1n) is 7.77. The molecule has 120 valence electrons. The molecule has 1 heterocycles. The number of aliphatic hydroxyl groups excluding tert-OH is 1. The van der Waals surface area contributed by atoms with Crippen molar-refractivity contribution in [1.82, 2.24) is 0 Å². The first-order chi connectivity index (χ1) is 11.5. The summed E-state index contributed by atoms with van der Waals surface area (Å²) in [5, 5.41) is 12.1. The molecular formula is C19H12Br2O2S. The average Bonchev–Trinajstić information content (AvgIpc) is 3.11. The van der Waals surface area contributed by atoms with Crippen molar-refractivity contribution in [3.63, 3.8) is 0 Å². The van der Waals surface area contributed by atoms with Gasteiger partial charge in [0.1, 0.15) is 0 Å². The molecule has 0 radical (unpaired) electrons. The van der Waals surface area contributed by atoms with Crippen LogP contribution < -0.4 is 0 Å². The Labute approximate surface area is 159 Å². The molecule has 5 rings (SSSR count). The molecule has 2 nitrogen and oxygen atoms in total. The van der Waals surface area contributed by atoms with E-state index in [0.29, 0.717) is 0 Å². The van der Waals surface area contributed by atoms with Crippen molar-refractivity contribution in [2.45, 2.75) is 18.4 Å². The highest BCUT2D eigenvalue weighted by atomic mass is 79.9. The van der Waals surface area contributed by atoms with Gasteiger partial charge in [0, 0.05) is 30.5 Å². The number of Topliss-reactive ketones (excluding diaryl/α,β-unsaturated/α-hetero) is 1. The van der Waals surface area contributed by atoms with Gasteiger partial charge in [0.25, 0.3) is 0 Å². The second kappa shape index (κ2) is 5.24. The Bertz CT molecular complexity index is 1020. The summed E-state index contributed by atoms with van der Waals surface area (Å²) < 4.78 is 3.01. The molecule has 0 amide bonds. The van der Waals surface area contributed by atoms with Gasteiger partial charge in [0.2, 0.25) is 0 Å². The average molecular weight is 464 g/mol. The molecule has 5 heteroatoms. The van der Waals surface area contributed by atoms with E-state index in [9.17, 15) is 9.90 Å². The molecule has 24 heavy (non-hydrogen) atoms. The fourth-order valence-corrected chi connectivity index (χ4v) is 6.14. The van der Waals surface area contributed by atoms with Crippen molar-refractivity contribution >= 4 is 59.1 Å². The van der Waals surface area contributed by atoms with Gasteiger partial charge < -0.3 is 5.11 Å². The Morgan fingerprint density at radius 3 is 2.67 bits per heavy atom. The number of halogens is 2. The van der Waals surface area contributed by atoms with E-state index in [1.807, 2.05) is 30.3 Å². The van der Waals surface area contributed by atoms with Crippen LogP contribution in [0.3, 0.4) is 0 Å². The van der Waals surface area contributed by atoms with Crippen LogP contribution in [-0.2, 0) is 6.42 Å². The Morgan fingerprint density at radius 1 is 1.08 bits per heavy atom. The summed E-state index contributed by atoms with van der Waals surface area (Å²) in [5.41, 5.74) is 3.08. The molecule has 2 aliphatic carbocycles. The third-order valence-electron chi connectivity index (χ3n) is 5.22. The van der Waals surface area contributed by atoms with Crippen molar-refractivity contribution in [3.05, 3.63) is 66.9 Å². The fraction of sp³-hybridized carbons (Fsp3) is 0.211. The third-order valence-corrected chi connectivity index (χ3v) is 7.41. The normalized spacial score (nSPS) is 24.8. The number of hydrogen-bond acceptors (Lipinski definition) is 3. The zero-order valence-electron chi connectivity index (χ0n) is 12.4. The van der Waals surface area contributed by atoms with Crippen LogP contribution in [0.2, 0.25) is 0 Å². The van der Waals surface area contributed by atoms with Crippen molar-refractivity contribution in [1.29, 1.82) is 0 Å². The number of aliphatic hydroxyl groups is 1. The number of thiophene rings is 1. The van der Waals surface area contributed by atoms with Gasteiger partial charge in [-0.1, -0.05) is 37.9 Å². The zero-order valence-corrected chi connectivity index (χ0v) is 16.4. The van der Waals surface area contributed by atoms with E-state index in [2.05, 4.69) is 37.9 Å². The van der Waals surface area contributed by atoms with Crippen molar-refractivity contribution in [3.8, 4) is 0 Å². The Balaban J connectivity index is 1.75. The summed E-state index contributed by atoms with van der Waals surface area (Å²) in [5.74, 6) is -0.128. The molecule has 2 aliphatic rings. The van der Waals surface area contributed by atoms with Gasteiger partial charge in [-0.15, -0.1) is 11.3 Å². The maximum absolute atomic E-state index is 13.2. The van der Waals surface area contributed by atoms with Crippen LogP contribution in [0.4, 0.5) is 0 Å². The lowest BCUT2D eigenvalue weighted by molar-refractivity contribution is 0.0677. The van der Waals surface area contributed by atoms with Gasteiger partial charge in [-0.3, -0.25) is 4.79 Å². The Hall–Kier alpha value is -1.01. The summed E-state index contributed by atoms with van der Waals surface area (Å²) in [6, 6.07) is 12.1. The smallest absolute Gasteiger partial charge is 0.181 e.